The van der Waals surface area contributed by atoms with Gasteiger partial charge in [-0.25, -0.2) is 0 Å². The van der Waals surface area contributed by atoms with Crippen LogP contribution in [-0.4, -0.2) is 65.2 Å². The molecule has 1 aliphatic heterocycles. The number of amides is 4. The Kier molecular flexibility index (Phi) is 6.75. The Morgan fingerprint density at radius 3 is 2.09 bits per heavy atom. The van der Waals surface area contributed by atoms with Crippen LogP contribution in [0.15, 0.2) is 0 Å². The first-order valence-electron chi connectivity index (χ1n) is 11.7. The van der Waals surface area contributed by atoms with Crippen molar-refractivity contribution < 1.29 is 37.1 Å². The summed E-state index contributed by atoms with van der Waals surface area (Å²) in [5, 5.41) is 4.37. The molecule has 3 rings (SSSR count). The summed E-state index contributed by atoms with van der Waals surface area (Å²) in [7, 11) is 0. The number of carbonyl (C=O) groups excluding carboxylic acids is 5. The van der Waals surface area contributed by atoms with E-state index in [0.717, 1.165) is 12.8 Å². The smallest absolute Gasteiger partial charge is 0.363 e. The first kappa shape index (κ1) is 26.9. The highest BCUT2D eigenvalue weighted by Crippen LogP contribution is 2.65. The number of carbonyl (C=O) groups is 5. The summed E-state index contributed by atoms with van der Waals surface area (Å²) in [5.41, 5.74) is 3.76. The number of alkyl halides is 3. The fourth-order valence-corrected chi connectivity index (χ4v) is 5.19. The monoisotopic (exact) mass is 502 g/mol. The second-order valence-electron chi connectivity index (χ2n) is 11.6. The van der Waals surface area contributed by atoms with Gasteiger partial charge in [0, 0.05) is 6.54 Å². The van der Waals surface area contributed by atoms with E-state index in [1.807, 2.05) is 13.8 Å². The van der Waals surface area contributed by atoms with Crippen LogP contribution in [0.5, 0.6) is 0 Å². The minimum Gasteiger partial charge on any atom is -0.363 e. The molecule has 1 saturated heterocycles. The van der Waals surface area contributed by atoms with Gasteiger partial charge in [0.2, 0.25) is 17.6 Å². The van der Waals surface area contributed by atoms with Crippen LogP contribution in [0.25, 0.3) is 0 Å². The van der Waals surface area contributed by atoms with E-state index in [1.54, 1.807) is 5.32 Å². The fourth-order valence-electron chi connectivity index (χ4n) is 5.19. The number of ketones is 1. The van der Waals surface area contributed by atoms with E-state index in [4.69, 9.17) is 5.73 Å². The highest BCUT2D eigenvalue weighted by Gasteiger charge is 2.70. The number of fused-ring (bicyclic) bond motifs is 1. The number of Topliss-reactive ketones (excluding diaryl/α,β-unsaturated/α-hetero) is 1. The summed E-state index contributed by atoms with van der Waals surface area (Å²) >= 11 is 0. The van der Waals surface area contributed by atoms with Crippen LogP contribution in [0, 0.1) is 28.6 Å². The molecule has 4 unspecified atom stereocenters. The summed E-state index contributed by atoms with van der Waals surface area (Å²) in [5.74, 6) is -6.00. The maximum absolute atomic E-state index is 13.5. The van der Waals surface area contributed by atoms with Crippen molar-refractivity contribution in [2.24, 2.45) is 34.3 Å². The van der Waals surface area contributed by atoms with E-state index >= 15 is 0 Å². The third-order valence-corrected chi connectivity index (χ3v) is 7.55. The Balaban J connectivity index is 1.86. The van der Waals surface area contributed by atoms with Crippen LogP contribution in [0.4, 0.5) is 13.2 Å². The molecule has 4 N–H and O–H groups in total. The lowest BCUT2D eigenvalue weighted by molar-refractivity contribution is -0.176. The number of rotatable bonds is 8. The van der Waals surface area contributed by atoms with Crippen molar-refractivity contribution in [1.82, 2.24) is 15.5 Å². The Morgan fingerprint density at radius 2 is 1.63 bits per heavy atom. The standard InChI is InChI=1S/C23H33F3N4O5/c1-21(2,3)16(29-20(35)23(24,25)26)19(34)30-9-11-13(22(11,4)5)14(30)18(33)28-12(8-10-6-7-10)15(31)17(27)32/h10-14,16H,6-9H2,1-5H3,(H2,27,32)(H,28,33)(H,29,35)/t11?,12?,13?,14?,16-/m1/s1. The zero-order valence-electron chi connectivity index (χ0n) is 20.5. The number of nitrogens with two attached hydrogens (primary N) is 1. The average molecular weight is 503 g/mol. The van der Waals surface area contributed by atoms with Crippen LogP contribution in [-0.2, 0) is 24.0 Å². The van der Waals surface area contributed by atoms with Gasteiger partial charge in [0.05, 0.1) is 6.04 Å². The summed E-state index contributed by atoms with van der Waals surface area (Å²) in [6.45, 7) is 8.51. The van der Waals surface area contributed by atoms with E-state index in [0.29, 0.717) is 0 Å². The minimum atomic E-state index is -5.18. The van der Waals surface area contributed by atoms with Gasteiger partial charge in [0.15, 0.2) is 0 Å². The molecule has 9 nitrogen and oxygen atoms in total. The lowest BCUT2D eigenvalue weighted by Gasteiger charge is -2.38. The van der Waals surface area contributed by atoms with Gasteiger partial charge in [-0.15, -0.1) is 0 Å². The van der Waals surface area contributed by atoms with Gasteiger partial charge in [-0.05, 0) is 35.0 Å². The van der Waals surface area contributed by atoms with Gasteiger partial charge in [-0.1, -0.05) is 47.5 Å². The molecule has 3 fully saturated rings. The lowest BCUT2D eigenvalue weighted by Crippen LogP contribution is -2.61. The van der Waals surface area contributed by atoms with Crippen LogP contribution in [0.3, 0.4) is 0 Å². The summed E-state index contributed by atoms with van der Waals surface area (Å²) < 4.78 is 38.8. The number of primary amides is 1. The maximum atomic E-state index is 13.5. The summed E-state index contributed by atoms with van der Waals surface area (Å²) in [4.78, 5) is 63.6. The van der Waals surface area contributed by atoms with Crippen LogP contribution >= 0.6 is 0 Å². The predicted molar refractivity (Wildman–Crippen MR) is 117 cm³/mol. The number of hydrogen-bond acceptors (Lipinski definition) is 5. The van der Waals surface area contributed by atoms with Crippen molar-refractivity contribution in [3.63, 3.8) is 0 Å². The largest absolute Gasteiger partial charge is 0.471 e. The SMILES string of the molecule is CC1(C)C2CN(C(=O)[C@@H](NC(=O)C(F)(F)F)C(C)(C)C)C(C(=O)NC(CC3CC3)C(=O)C(N)=O)C21. The zero-order valence-corrected chi connectivity index (χ0v) is 20.5. The van der Waals surface area contributed by atoms with Crippen molar-refractivity contribution in [2.45, 2.75) is 78.2 Å². The van der Waals surface area contributed by atoms with Gasteiger partial charge in [-0.3, -0.25) is 24.0 Å². The number of nitrogens with zero attached hydrogens (tertiary/aromatic N) is 1. The van der Waals surface area contributed by atoms with Crippen LogP contribution < -0.4 is 16.4 Å². The van der Waals surface area contributed by atoms with E-state index in [9.17, 15) is 37.1 Å². The van der Waals surface area contributed by atoms with E-state index in [-0.39, 0.29) is 36.1 Å². The second-order valence-corrected chi connectivity index (χ2v) is 11.6. The highest BCUT2D eigenvalue weighted by atomic mass is 19.4. The summed E-state index contributed by atoms with van der Waals surface area (Å²) in [6.07, 6.45) is -3.22. The Morgan fingerprint density at radius 1 is 1.06 bits per heavy atom. The van der Waals surface area contributed by atoms with Crippen molar-refractivity contribution in [3.05, 3.63) is 0 Å². The van der Waals surface area contributed by atoms with E-state index in [2.05, 4.69) is 5.32 Å². The number of hydrogen-bond donors (Lipinski definition) is 3. The van der Waals surface area contributed by atoms with Gasteiger partial charge in [0.25, 0.3) is 5.91 Å². The van der Waals surface area contributed by atoms with Gasteiger partial charge in [-0.2, -0.15) is 13.2 Å². The molecule has 35 heavy (non-hydrogen) atoms. The van der Waals surface area contributed by atoms with Crippen molar-refractivity contribution in [1.29, 1.82) is 0 Å². The molecular weight excluding hydrogens is 469 g/mol. The second kappa shape index (κ2) is 8.77. The van der Waals surface area contributed by atoms with Crippen LogP contribution in [0.2, 0.25) is 0 Å². The first-order chi connectivity index (χ1) is 15.9. The number of likely N-dealkylation sites (tertiary alicyclic amines) is 1. The zero-order chi connectivity index (χ0) is 26.7. The molecule has 0 radical (unpaired) electrons. The minimum absolute atomic E-state index is 0.0742. The predicted octanol–water partition coefficient (Wildman–Crippen LogP) is 0.902. The molecule has 4 amide bonds. The Labute approximate surface area is 201 Å². The van der Waals surface area contributed by atoms with Gasteiger partial charge < -0.3 is 21.3 Å². The molecule has 5 atom stereocenters. The molecule has 2 saturated carbocycles. The Hall–Kier alpha value is -2.66. The molecule has 2 aliphatic carbocycles. The normalized spacial score (nSPS) is 26.9. The molecule has 12 heteroatoms. The quantitative estimate of drug-likeness (QED) is 0.424. The molecule has 0 bridgehead atoms. The third kappa shape index (κ3) is 5.45. The van der Waals surface area contributed by atoms with E-state index < -0.39 is 59.1 Å². The van der Waals surface area contributed by atoms with E-state index in [1.165, 1.54) is 25.7 Å². The molecule has 1 heterocycles. The van der Waals surface area contributed by atoms with Gasteiger partial charge >= 0.3 is 12.1 Å². The van der Waals surface area contributed by atoms with Crippen molar-refractivity contribution in [2.75, 3.05) is 6.54 Å². The molecule has 196 valence electrons. The molecular formula is C23H33F3N4O5. The number of nitrogens with one attached hydrogen (secondary N) is 2. The summed E-state index contributed by atoms with van der Waals surface area (Å²) in [6, 6.07) is -3.73. The Bertz CT molecular complexity index is 938. The van der Waals surface area contributed by atoms with Crippen molar-refractivity contribution >= 4 is 29.4 Å². The molecule has 0 aromatic heterocycles. The topological polar surface area (TPSA) is 139 Å². The molecule has 0 aromatic rings. The van der Waals surface area contributed by atoms with Gasteiger partial charge in [0.1, 0.15) is 12.1 Å². The highest BCUT2D eigenvalue weighted by molar-refractivity contribution is 6.37. The van der Waals surface area contributed by atoms with Crippen LogP contribution in [0.1, 0.15) is 53.9 Å². The molecule has 0 aromatic carbocycles. The average Bonchev–Trinajstić information content (AvgIpc) is 3.55. The third-order valence-electron chi connectivity index (χ3n) is 7.55. The fraction of sp³-hybridized carbons (Fsp3) is 0.783. The van der Waals surface area contributed by atoms with Crippen molar-refractivity contribution in [3.8, 4) is 0 Å². The molecule has 0 spiro atoms. The molecule has 3 aliphatic rings. The number of piperidine rings is 1. The lowest BCUT2D eigenvalue weighted by atomic mass is 9.85. The number of halogens is 3. The maximum Gasteiger partial charge on any atom is 0.471 e. The first-order valence-corrected chi connectivity index (χ1v) is 11.7.